The van der Waals surface area contributed by atoms with Crippen LogP contribution in [0.3, 0.4) is 0 Å². The first-order chi connectivity index (χ1) is 21.7. The maximum Gasteiger partial charge on any atom is 0.410 e. The number of anilines is 2. The van der Waals surface area contributed by atoms with Crippen molar-refractivity contribution in [2.24, 2.45) is 10.8 Å². The van der Waals surface area contributed by atoms with Gasteiger partial charge in [0.2, 0.25) is 0 Å². The van der Waals surface area contributed by atoms with Crippen molar-refractivity contribution in [2.45, 2.75) is 40.2 Å². The lowest BCUT2D eigenvalue weighted by molar-refractivity contribution is -0.385. The molecule has 0 saturated carbocycles. The largest absolute Gasteiger partial charge is 0.490 e. The van der Waals surface area contributed by atoms with Crippen molar-refractivity contribution in [1.29, 1.82) is 0 Å². The van der Waals surface area contributed by atoms with Crippen LogP contribution in [0.25, 0.3) is 0 Å². The van der Waals surface area contributed by atoms with E-state index >= 15 is 0 Å². The van der Waals surface area contributed by atoms with Crippen LogP contribution < -0.4 is 24.6 Å². The summed E-state index contributed by atoms with van der Waals surface area (Å²) in [6.07, 6.45) is -0.270. The van der Waals surface area contributed by atoms with E-state index in [0.717, 1.165) is 50.6 Å². The van der Waals surface area contributed by atoms with Crippen LogP contribution in [0.4, 0.5) is 27.5 Å². The molecule has 4 heterocycles. The van der Waals surface area contributed by atoms with Gasteiger partial charge in [0.1, 0.15) is 5.60 Å². The lowest BCUT2D eigenvalue weighted by Crippen LogP contribution is -2.73. The van der Waals surface area contributed by atoms with Gasteiger partial charge in [0.25, 0.3) is 0 Å². The minimum Gasteiger partial charge on any atom is -0.490 e. The number of carbonyl (C=O) groups is 1. The molecule has 1 amide bonds. The van der Waals surface area contributed by atoms with Gasteiger partial charge in [0.15, 0.2) is 11.5 Å². The molecule has 2 aromatic carbocycles. The zero-order chi connectivity index (χ0) is 33.9. The van der Waals surface area contributed by atoms with Gasteiger partial charge < -0.3 is 34.2 Å². The standard InChI is InChI=1S/C17H23N3O5.C12H15N3O3.C2H6/c1-16(2,3)25-15(21)19-10-17(11-19)8-18(9-17)12-5-6-13(20(22)23)14(7-12)24-4;1-18-11-4-9(2-3-10(11)15(16)17)14-7-12(8-14)5-13-6-12;1-2/h5-7H,8-11H2,1-4H3;2-4,13H,5-8H2,1H3;1-2H3/i;;1D. The van der Waals surface area contributed by atoms with E-state index in [1.807, 2.05) is 20.8 Å². The molecule has 14 heteroatoms. The lowest BCUT2D eigenvalue weighted by Gasteiger charge is -2.60. The first-order valence-corrected chi connectivity index (χ1v) is 14.8. The van der Waals surface area contributed by atoms with E-state index in [9.17, 15) is 25.0 Å². The van der Waals surface area contributed by atoms with Crippen molar-refractivity contribution in [3.8, 4) is 11.5 Å². The Bertz CT molecular complexity index is 1420. The van der Waals surface area contributed by atoms with E-state index in [4.69, 9.17) is 15.6 Å². The van der Waals surface area contributed by atoms with Gasteiger partial charge in [-0.1, -0.05) is 13.8 Å². The Balaban J connectivity index is 0.000000201. The molecule has 4 saturated heterocycles. The Morgan fingerprint density at radius 2 is 1.27 bits per heavy atom. The van der Waals surface area contributed by atoms with Crippen molar-refractivity contribution in [3.63, 3.8) is 0 Å². The molecule has 6 rings (SSSR count). The molecule has 2 aromatic rings. The van der Waals surface area contributed by atoms with Gasteiger partial charge in [-0.15, -0.1) is 0 Å². The van der Waals surface area contributed by atoms with E-state index < -0.39 is 15.4 Å². The molecule has 0 aromatic heterocycles. The predicted octanol–water partition coefficient (Wildman–Crippen LogP) is 4.70. The van der Waals surface area contributed by atoms with Crippen LogP contribution in [0.5, 0.6) is 11.5 Å². The van der Waals surface area contributed by atoms with Crippen LogP contribution in [0, 0.1) is 31.1 Å². The summed E-state index contributed by atoms with van der Waals surface area (Å²) >= 11 is 0. The summed E-state index contributed by atoms with van der Waals surface area (Å²) in [5.41, 5.74) is 1.92. The molecule has 1 N–H and O–H groups in total. The maximum absolute atomic E-state index is 12.0. The van der Waals surface area contributed by atoms with E-state index in [0.29, 0.717) is 31.2 Å². The smallest absolute Gasteiger partial charge is 0.410 e. The summed E-state index contributed by atoms with van der Waals surface area (Å²) in [5.74, 6) is 0.581. The average Bonchev–Trinajstić information content (AvgIpc) is 2.89. The fourth-order valence-corrected chi connectivity index (χ4v) is 6.04. The van der Waals surface area contributed by atoms with Gasteiger partial charge in [-0.25, -0.2) is 4.79 Å². The summed E-state index contributed by atoms with van der Waals surface area (Å²) in [7, 11) is 2.88. The second-order valence-electron chi connectivity index (χ2n) is 12.9. The number of carbonyl (C=O) groups excluding carboxylic acids is 1. The predicted molar refractivity (Wildman–Crippen MR) is 171 cm³/mol. The van der Waals surface area contributed by atoms with Crippen molar-refractivity contribution < 1.29 is 30.2 Å². The summed E-state index contributed by atoms with van der Waals surface area (Å²) < 4.78 is 21.8. The van der Waals surface area contributed by atoms with Gasteiger partial charge in [-0.3, -0.25) is 20.2 Å². The number of likely N-dealkylation sites (tertiary alicyclic amines) is 1. The molecule has 0 bridgehead atoms. The Morgan fingerprint density at radius 1 is 0.844 bits per heavy atom. The number of nitrogens with one attached hydrogen (secondary N) is 1. The van der Waals surface area contributed by atoms with Crippen molar-refractivity contribution >= 4 is 28.8 Å². The molecule has 45 heavy (non-hydrogen) atoms. The van der Waals surface area contributed by atoms with E-state index in [-0.39, 0.29) is 28.6 Å². The van der Waals surface area contributed by atoms with E-state index in [2.05, 4.69) is 15.1 Å². The van der Waals surface area contributed by atoms with Gasteiger partial charge in [-0.05, 0) is 32.9 Å². The van der Waals surface area contributed by atoms with Crippen LogP contribution in [0.1, 0.15) is 36.0 Å². The average molecular weight is 630 g/mol. The molecule has 0 atom stereocenters. The quantitative estimate of drug-likeness (QED) is 0.349. The van der Waals surface area contributed by atoms with Crippen LogP contribution in [0.2, 0.25) is 0 Å². The van der Waals surface area contributed by atoms with Crippen molar-refractivity contribution in [3.05, 3.63) is 56.6 Å². The molecule has 14 nitrogen and oxygen atoms in total. The first-order valence-electron chi connectivity index (χ1n) is 15.5. The third kappa shape index (κ3) is 7.16. The minimum atomic E-state index is -0.485. The fourth-order valence-electron chi connectivity index (χ4n) is 6.04. The third-order valence-electron chi connectivity index (χ3n) is 8.26. The molecule has 0 radical (unpaired) electrons. The summed E-state index contributed by atoms with van der Waals surface area (Å²) in [6.45, 7) is 15.0. The van der Waals surface area contributed by atoms with Crippen LogP contribution in [-0.2, 0) is 4.74 Å². The lowest BCUT2D eigenvalue weighted by atomic mass is 9.73. The number of hydrogen-bond donors (Lipinski definition) is 1. The zero-order valence-electron chi connectivity index (χ0n) is 27.8. The third-order valence-corrected chi connectivity index (χ3v) is 8.26. The van der Waals surface area contributed by atoms with Crippen molar-refractivity contribution in [1.82, 2.24) is 10.2 Å². The Labute approximate surface area is 264 Å². The van der Waals surface area contributed by atoms with Gasteiger partial charge in [-0.2, -0.15) is 0 Å². The topological polar surface area (TPSA) is 153 Å². The van der Waals surface area contributed by atoms with Crippen LogP contribution >= 0.6 is 0 Å². The number of nitro groups is 2. The van der Waals surface area contributed by atoms with Crippen LogP contribution in [-0.4, -0.2) is 93.0 Å². The molecule has 0 aliphatic carbocycles. The molecule has 246 valence electrons. The highest BCUT2D eigenvalue weighted by Crippen LogP contribution is 2.44. The zero-order valence-corrected chi connectivity index (χ0v) is 26.8. The monoisotopic (exact) mass is 629 g/mol. The first kappa shape index (κ1) is 32.1. The van der Waals surface area contributed by atoms with Gasteiger partial charge in [0.05, 0.1) is 24.1 Å². The highest BCUT2D eigenvalue weighted by molar-refractivity contribution is 5.70. The second kappa shape index (κ2) is 13.0. The molecular formula is C31H44N6O8. The number of nitrogens with zero attached hydrogens (tertiary/aromatic N) is 5. The van der Waals surface area contributed by atoms with E-state index in [1.54, 1.807) is 36.1 Å². The Morgan fingerprint density at radius 3 is 1.60 bits per heavy atom. The Kier molecular flexibility index (Phi) is 9.23. The van der Waals surface area contributed by atoms with Crippen LogP contribution in [0.15, 0.2) is 36.4 Å². The number of amides is 1. The number of nitro benzene ring substituents is 2. The molecule has 4 fully saturated rings. The summed E-state index contributed by atoms with van der Waals surface area (Å²) in [4.78, 5) is 39.0. The Hall–Kier alpha value is -4.33. The summed E-state index contributed by atoms with van der Waals surface area (Å²) in [5, 5.41) is 25.1. The maximum atomic E-state index is 12.0. The van der Waals surface area contributed by atoms with Gasteiger partial charge in [0, 0.05) is 100 Å². The highest BCUT2D eigenvalue weighted by atomic mass is 16.6. The number of ether oxygens (including phenoxy) is 3. The van der Waals surface area contributed by atoms with E-state index in [1.165, 1.54) is 26.4 Å². The highest BCUT2D eigenvalue weighted by Gasteiger charge is 2.54. The number of rotatable bonds is 6. The van der Waals surface area contributed by atoms with Crippen molar-refractivity contribution in [2.75, 3.05) is 76.4 Å². The molecule has 4 aliphatic heterocycles. The molecule has 0 unspecified atom stereocenters. The molecule has 4 aliphatic rings. The normalized spacial score (nSPS) is 18.7. The number of hydrogen-bond acceptors (Lipinski definition) is 11. The fraction of sp³-hybridized carbons (Fsp3) is 0.581. The molecule has 2 spiro atoms. The molecular weight excluding hydrogens is 584 g/mol. The summed E-state index contributed by atoms with van der Waals surface area (Å²) in [6, 6.07) is 9.94. The number of methoxy groups -OCH3 is 2. The second-order valence-corrected chi connectivity index (χ2v) is 12.9. The van der Waals surface area contributed by atoms with Gasteiger partial charge >= 0.3 is 17.5 Å². The number of benzene rings is 2. The SMILES string of the molecule is COc1cc(N2CC3(CN(C(=O)OC(C)(C)C)C3)C2)ccc1[N+](=O)[O-].COc1cc(N2CC3(CNC3)C2)ccc1[N+](=O)[O-].[2H]CC. The minimum absolute atomic E-state index is 0.0156.